The molecule has 3 aromatic rings. The van der Waals surface area contributed by atoms with Gasteiger partial charge in [-0.3, -0.25) is 14.1 Å². The van der Waals surface area contributed by atoms with E-state index in [0.717, 1.165) is 0 Å². The third kappa shape index (κ3) is 5.31. The van der Waals surface area contributed by atoms with Crippen LogP contribution in [0.25, 0.3) is 16.8 Å². The number of hydrogen-bond donors (Lipinski definition) is 2. The van der Waals surface area contributed by atoms with Gasteiger partial charge in [-0.2, -0.15) is 0 Å². The molecule has 10 nitrogen and oxygen atoms in total. The quantitative estimate of drug-likeness (QED) is 0.296. The lowest BCUT2D eigenvalue weighted by Gasteiger charge is -2.14. The fourth-order valence-corrected chi connectivity index (χ4v) is 3.45. The number of anilines is 1. The van der Waals surface area contributed by atoms with Gasteiger partial charge in [-0.25, -0.2) is 14.2 Å². The van der Waals surface area contributed by atoms with Crippen molar-refractivity contribution in [3.63, 3.8) is 0 Å². The summed E-state index contributed by atoms with van der Waals surface area (Å²) >= 11 is 0. The van der Waals surface area contributed by atoms with Crippen molar-refractivity contribution in [2.24, 2.45) is 5.16 Å². The topological polar surface area (TPSA) is 118 Å². The van der Waals surface area contributed by atoms with E-state index >= 15 is 0 Å². The number of imidazole rings is 1. The van der Waals surface area contributed by atoms with Crippen LogP contribution in [-0.2, 0) is 14.4 Å². The van der Waals surface area contributed by atoms with Gasteiger partial charge in [0.25, 0.3) is 0 Å². The number of nitrogens with zero attached hydrogens (tertiary/aromatic N) is 4. The maximum absolute atomic E-state index is 15.0. The fraction of sp³-hybridized carbons (Fsp3) is 0.304. The minimum atomic E-state index is -0.589. The largest absolute Gasteiger partial charge is 0.442 e. The Kier molecular flexibility index (Phi) is 7.79. The minimum absolute atomic E-state index is 0. The highest BCUT2D eigenvalue weighted by Crippen LogP contribution is 2.29. The summed E-state index contributed by atoms with van der Waals surface area (Å²) in [5.74, 6) is -0.718. The lowest BCUT2D eigenvalue weighted by Crippen LogP contribution is -2.33. The molecule has 34 heavy (non-hydrogen) atoms. The molecule has 1 fully saturated rings. The van der Waals surface area contributed by atoms with E-state index in [9.17, 15) is 14.0 Å². The number of aromatic nitrogens is 2. The van der Waals surface area contributed by atoms with E-state index in [1.807, 2.05) is 0 Å². The standard InChI is InChI=1S/C22H22FN5O5.CH4/c1-14(30)24-12-18-13-28(22(31)33-18)16-2-3-19(20(23)9-16)15-4-5-27-17(10-25-21(27)8-15)11-26-32-7-6-29;/h2-5,8-11,18,29H,6-7,12-13H2,1H3,(H,24,30);1H4/t18-;/m0./s1. The van der Waals surface area contributed by atoms with Crippen LogP contribution in [-0.4, -0.2) is 65.1 Å². The summed E-state index contributed by atoms with van der Waals surface area (Å²) in [6.45, 7) is 1.76. The van der Waals surface area contributed by atoms with Crippen LogP contribution >= 0.6 is 0 Å². The van der Waals surface area contributed by atoms with E-state index in [2.05, 4.69) is 15.5 Å². The molecular formula is C23H26FN5O5. The maximum atomic E-state index is 15.0. The van der Waals surface area contributed by atoms with Crippen LogP contribution in [0, 0.1) is 5.82 Å². The van der Waals surface area contributed by atoms with Crippen molar-refractivity contribution < 1.29 is 28.7 Å². The predicted molar refractivity (Wildman–Crippen MR) is 124 cm³/mol. The normalized spacial score (nSPS) is 15.4. The van der Waals surface area contributed by atoms with Gasteiger partial charge in [-0.15, -0.1) is 0 Å². The van der Waals surface area contributed by atoms with Gasteiger partial charge >= 0.3 is 6.09 Å². The number of benzene rings is 1. The fourth-order valence-electron chi connectivity index (χ4n) is 3.45. The molecule has 11 heteroatoms. The van der Waals surface area contributed by atoms with Crippen molar-refractivity contribution in [3.8, 4) is 11.1 Å². The molecule has 1 aliphatic heterocycles. The van der Waals surface area contributed by atoms with Crippen molar-refractivity contribution >= 4 is 29.5 Å². The molecule has 3 heterocycles. The highest BCUT2D eigenvalue weighted by molar-refractivity contribution is 5.90. The summed E-state index contributed by atoms with van der Waals surface area (Å²) in [6, 6.07) is 8.00. The van der Waals surface area contributed by atoms with Crippen LogP contribution in [0.5, 0.6) is 0 Å². The second-order valence-corrected chi connectivity index (χ2v) is 7.34. The van der Waals surface area contributed by atoms with Crippen LogP contribution in [0.2, 0.25) is 0 Å². The van der Waals surface area contributed by atoms with E-state index in [1.54, 1.807) is 41.1 Å². The molecule has 180 valence electrons. The summed E-state index contributed by atoms with van der Waals surface area (Å²) in [6.07, 6.45) is 3.72. The number of cyclic esters (lactones) is 1. The van der Waals surface area contributed by atoms with Gasteiger partial charge in [-0.1, -0.05) is 12.6 Å². The SMILES string of the molecule is C.CC(=O)NC[C@H]1CN(c2ccc(-c3ccn4c(C=NOCCO)cnc4c3)c(F)c2)C(=O)O1. The number of pyridine rings is 1. The van der Waals surface area contributed by atoms with Gasteiger partial charge in [-0.05, 0) is 35.9 Å². The predicted octanol–water partition coefficient (Wildman–Crippen LogP) is 2.58. The number of ether oxygens (including phenoxy) is 1. The number of aliphatic hydroxyl groups excluding tert-OH is 1. The third-order valence-corrected chi connectivity index (χ3v) is 5.01. The highest BCUT2D eigenvalue weighted by Gasteiger charge is 2.32. The Morgan fingerprint density at radius 3 is 2.97 bits per heavy atom. The van der Waals surface area contributed by atoms with Crippen molar-refractivity contribution in [2.75, 3.05) is 31.2 Å². The van der Waals surface area contributed by atoms with Crippen LogP contribution in [0.4, 0.5) is 14.9 Å². The molecule has 1 atom stereocenters. The molecule has 0 spiro atoms. The number of hydrogen-bond acceptors (Lipinski definition) is 7. The zero-order chi connectivity index (χ0) is 23.4. The Balaban J connectivity index is 0.00000324. The van der Waals surface area contributed by atoms with Crippen molar-refractivity contribution in [2.45, 2.75) is 20.5 Å². The lowest BCUT2D eigenvalue weighted by molar-refractivity contribution is -0.119. The van der Waals surface area contributed by atoms with Crippen molar-refractivity contribution in [1.29, 1.82) is 0 Å². The number of rotatable bonds is 8. The summed E-state index contributed by atoms with van der Waals surface area (Å²) in [5, 5.41) is 15.1. The summed E-state index contributed by atoms with van der Waals surface area (Å²) < 4.78 is 22.0. The zero-order valence-corrected chi connectivity index (χ0v) is 17.8. The Hall–Kier alpha value is -3.99. The molecule has 0 bridgehead atoms. The minimum Gasteiger partial charge on any atom is -0.442 e. The van der Waals surface area contributed by atoms with E-state index in [4.69, 9.17) is 14.7 Å². The first-order valence-electron chi connectivity index (χ1n) is 10.2. The van der Waals surface area contributed by atoms with Crippen molar-refractivity contribution in [3.05, 3.63) is 54.2 Å². The first-order chi connectivity index (χ1) is 16.0. The summed E-state index contributed by atoms with van der Waals surface area (Å²) in [7, 11) is 0. The molecular weight excluding hydrogens is 445 g/mol. The zero-order valence-electron chi connectivity index (χ0n) is 17.8. The Bertz CT molecular complexity index is 1210. The average molecular weight is 471 g/mol. The third-order valence-electron chi connectivity index (χ3n) is 5.01. The lowest BCUT2D eigenvalue weighted by atomic mass is 10.1. The molecule has 4 rings (SSSR count). The van der Waals surface area contributed by atoms with Crippen molar-refractivity contribution in [1.82, 2.24) is 14.7 Å². The molecule has 2 N–H and O–H groups in total. The summed E-state index contributed by atoms with van der Waals surface area (Å²) in [4.78, 5) is 33.8. The molecule has 0 aliphatic carbocycles. The Morgan fingerprint density at radius 1 is 1.41 bits per heavy atom. The highest BCUT2D eigenvalue weighted by atomic mass is 19.1. The monoisotopic (exact) mass is 471 g/mol. The number of aliphatic hydroxyl groups is 1. The van der Waals surface area contributed by atoms with Gasteiger partial charge in [0.2, 0.25) is 5.91 Å². The van der Waals surface area contributed by atoms with Gasteiger partial charge in [0, 0.05) is 18.7 Å². The number of nitrogens with one attached hydrogen (secondary N) is 1. The number of oxime groups is 1. The number of carbonyl (C=O) groups is 2. The second kappa shape index (κ2) is 10.8. The van der Waals surface area contributed by atoms with Crippen LogP contribution in [0.3, 0.4) is 0 Å². The Labute approximate surface area is 195 Å². The first-order valence-corrected chi connectivity index (χ1v) is 10.2. The van der Waals surface area contributed by atoms with E-state index < -0.39 is 18.0 Å². The number of amides is 2. The smallest absolute Gasteiger partial charge is 0.414 e. The van der Waals surface area contributed by atoms with Gasteiger partial charge < -0.3 is 20.0 Å². The molecule has 1 saturated heterocycles. The Morgan fingerprint density at radius 2 is 2.24 bits per heavy atom. The molecule has 2 aromatic heterocycles. The molecule has 1 aliphatic rings. The first kappa shape index (κ1) is 24.6. The second-order valence-electron chi connectivity index (χ2n) is 7.34. The maximum Gasteiger partial charge on any atom is 0.414 e. The van der Waals surface area contributed by atoms with Gasteiger partial charge in [0.15, 0.2) is 0 Å². The van der Waals surface area contributed by atoms with Crippen LogP contribution in [0.15, 0.2) is 47.9 Å². The summed E-state index contributed by atoms with van der Waals surface area (Å²) in [5.41, 5.74) is 2.59. The number of carbonyl (C=O) groups excluding carboxylic acids is 2. The van der Waals surface area contributed by atoms with Crippen LogP contribution in [0.1, 0.15) is 20.0 Å². The molecule has 2 amide bonds. The molecule has 0 radical (unpaired) electrons. The van der Waals surface area contributed by atoms with E-state index in [1.165, 1.54) is 24.1 Å². The van der Waals surface area contributed by atoms with Gasteiger partial charge in [0.05, 0.1) is 43.5 Å². The number of fused-ring (bicyclic) bond motifs is 1. The average Bonchev–Trinajstić information content (AvgIpc) is 3.38. The van der Waals surface area contributed by atoms with E-state index in [0.29, 0.717) is 28.2 Å². The molecule has 0 unspecified atom stereocenters. The molecule has 1 aromatic carbocycles. The number of halogens is 1. The van der Waals surface area contributed by atoms with Gasteiger partial charge in [0.1, 0.15) is 24.2 Å². The van der Waals surface area contributed by atoms with E-state index in [-0.39, 0.29) is 39.6 Å². The van der Waals surface area contributed by atoms with Crippen LogP contribution < -0.4 is 10.2 Å². The molecule has 0 saturated carbocycles.